The lowest BCUT2D eigenvalue weighted by molar-refractivity contribution is -0.117. The summed E-state index contributed by atoms with van der Waals surface area (Å²) in [4.78, 5) is 10.7. The number of aliphatic hydroxyl groups excluding tert-OH is 1. The molecule has 1 unspecified atom stereocenters. The fourth-order valence-corrected chi connectivity index (χ4v) is 2.03. The summed E-state index contributed by atoms with van der Waals surface area (Å²) in [6.45, 7) is 3.82. The highest BCUT2D eigenvalue weighted by molar-refractivity contribution is 5.75. The summed E-state index contributed by atoms with van der Waals surface area (Å²) in [5.41, 5.74) is 0. The molecule has 0 aliphatic heterocycles. The van der Waals surface area contributed by atoms with Gasteiger partial charge in [-0.25, -0.2) is 0 Å². The van der Waals surface area contributed by atoms with Crippen LogP contribution in [0.25, 0.3) is 0 Å². The van der Waals surface area contributed by atoms with E-state index in [1.165, 1.54) is 44.9 Å². The quantitative estimate of drug-likeness (QED) is 0.519. The van der Waals surface area contributed by atoms with Crippen molar-refractivity contribution in [3.63, 3.8) is 0 Å². The van der Waals surface area contributed by atoms with Gasteiger partial charge in [-0.15, -0.1) is 0 Å². The van der Waals surface area contributed by atoms with Crippen molar-refractivity contribution in [3.8, 4) is 0 Å². The predicted octanol–water partition coefficient (Wildman–Crippen LogP) is 4.25. The highest BCUT2D eigenvalue weighted by Gasteiger charge is 2.05. The number of Topliss-reactive ketones (excluding diaryl/α,β-unsaturated/α-hetero) is 1. The maximum Gasteiger partial charge on any atom is 0.129 e. The largest absolute Gasteiger partial charge is 0.393 e. The molecule has 0 aliphatic rings. The molecule has 0 aliphatic carbocycles. The molecule has 0 radical (unpaired) electrons. The third-order valence-corrected chi connectivity index (χ3v) is 3.22. The number of aliphatic hydroxyl groups is 1. The minimum atomic E-state index is -0.265. The Labute approximate surface area is 107 Å². The van der Waals surface area contributed by atoms with Gasteiger partial charge in [0.1, 0.15) is 5.78 Å². The fourth-order valence-electron chi connectivity index (χ4n) is 2.03. The topological polar surface area (TPSA) is 37.3 Å². The smallest absolute Gasteiger partial charge is 0.129 e. The maximum absolute atomic E-state index is 10.7. The van der Waals surface area contributed by atoms with Gasteiger partial charge in [-0.05, 0) is 19.8 Å². The van der Waals surface area contributed by atoms with Gasteiger partial charge in [-0.1, -0.05) is 58.3 Å². The normalized spacial score (nSPS) is 12.6. The Morgan fingerprint density at radius 3 is 2.00 bits per heavy atom. The van der Waals surface area contributed by atoms with Crippen LogP contribution >= 0.6 is 0 Å². The van der Waals surface area contributed by atoms with Gasteiger partial charge >= 0.3 is 0 Å². The number of carbonyl (C=O) groups is 1. The molecule has 0 aromatic rings. The predicted molar refractivity (Wildman–Crippen MR) is 73.1 cm³/mol. The second-order valence-electron chi connectivity index (χ2n) is 5.16. The lowest BCUT2D eigenvalue weighted by Gasteiger charge is -2.08. The van der Waals surface area contributed by atoms with Gasteiger partial charge in [0.2, 0.25) is 0 Å². The van der Waals surface area contributed by atoms with E-state index in [9.17, 15) is 9.90 Å². The van der Waals surface area contributed by atoms with E-state index in [1.54, 1.807) is 6.92 Å². The van der Waals surface area contributed by atoms with Crippen molar-refractivity contribution < 1.29 is 9.90 Å². The molecule has 0 bridgehead atoms. The second-order valence-corrected chi connectivity index (χ2v) is 5.16. The van der Waals surface area contributed by atoms with E-state index >= 15 is 0 Å². The van der Waals surface area contributed by atoms with Crippen LogP contribution in [0.2, 0.25) is 0 Å². The lowest BCUT2D eigenvalue weighted by Crippen LogP contribution is -2.08. The molecule has 0 saturated carbocycles. The highest BCUT2D eigenvalue weighted by atomic mass is 16.3. The van der Waals surface area contributed by atoms with E-state index < -0.39 is 0 Å². The summed E-state index contributed by atoms with van der Waals surface area (Å²) >= 11 is 0. The molecular weight excluding hydrogens is 212 g/mol. The van der Waals surface area contributed by atoms with E-state index in [0.717, 1.165) is 12.8 Å². The van der Waals surface area contributed by atoms with Gasteiger partial charge < -0.3 is 9.90 Å². The zero-order valence-corrected chi connectivity index (χ0v) is 11.7. The molecule has 1 N–H and O–H groups in total. The van der Waals surface area contributed by atoms with Crippen molar-refractivity contribution in [2.24, 2.45) is 0 Å². The van der Waals surface area contributed by atoms with Crippen LogP contribution in [0.4, 0.5) is 0 Å². The van der Waals surface area contributed by atoms with Gasteiger partial charge in [-0.3, -0.25) is 0 Å². The average Bonchev–Trinajstić information content (AvgIpc) is 2.30. The van der Waals surface area contributed by atoms with E-state index in [2.05, 4.69) is 6.92 Å². The molecule has 0 fully saturated rings. The minimum absolute atomic E-state index is 0.181. The molecule has 0 amide bonds. The van der Waals surface area contributed by atoms with Crippen LogP contribution in [0.3, 0.4) is 0 Å². The average molecular weight is 242 g/mol. The van der Waals surface area contributed by atoms with Crippen molar-refractivity contribution in [1.82, 2.24) is 0 Å². The van der Waals surface area contributed by atoms with E-state index in [4.69, 9.17) is 0 Å². The van der Waals surface area contributed by atoms with E-state index in [1.807, 2.05) is 0 Å². The van der Waals surface area contributed by atoms with Gasteiger partial charge in [0.15, 0.2) is 0 Å². The number of hydrogen-bond donors (Lipinski definition) is 1. The Hall–Kier alpha value is -0.370. The molecule has 1 atom stereocenters. The van der Waals surface area contributed by atoms with Gasteiger partial charge in [-0.2, -0.15) is 0 Å². The van der Waals surface area contributed by atoms with Crippen LogP contribution in [0.15, 0.2) is 0 Å². The lowest BCUT2D eigenvalue weighted by atomic mass is 10.0. The minimum Gasteiger partial charge on any atom is -0.393 e. The molecule has 2 nitrogen and oxygen atoms in total. The molecule has 2 heteroatoms. The van der Waals surface area contributed by atoms with Gasteiger partial charge in [0.25, 0.3) is 0 Å². The van der Waals surface area contributed by atoms with Crippen molar-refractivity contribution in [3.05, 3.63) is 0 Å². The molecule has 0 spiro atoms. The first-order chi connectivity index (χ1) is 8.16. The van der Waals surface area contributed by atoms with Crippen molar-refractivity contribution >= 4 is 5.78 Å². The zero-order chi connectivity index (χ0) is 12.9. The van der Waals surface area contributed by atoms with Crippen LogP contribution in [0, 0.1) is 0 Å². The van der Waals surface area contributed by atoms with Crippen LogP contribution < -0.4 is 0 Å². The molecule has 0 aromatic carbocycles. The Balaban J connectivity index is 3.13. The first-order valence-electron chi connectivity index (χ1n) is 7.34. The van der Waals surface area contributed by atoms with Gasteiger partial charge in [0.05, 0.1) is 6.10 Å². The second kappa shape index (κ2) is 12.1. The van der Waals surface area contributed by atoms with Crippen LogP contribution in [-0.2, 0) is 4.79 Å². The summed E-state index contributed by atoms with van der Waals surface area (Å²) < 4.78 is 0. The Morgan fingerprint density at radius 1 is 0.941 bits per heavy atom. The van der Waals surface area contributed by atoms with E-state index in [0.29, 0.717) is 12.8 Å². The molecule has 0 aromatic heterocycles. The standard InChI is InChI=1S/C15H30O2/c1-3-4-5-6-7-8-9-10-11-15(17)13-12-14(2)16/h15,17H,3-13H2,1-2H3. The fraction of sp³-hybridized carbons (Fsp3) is 0.933. The third-order valence-electron chi connectivity index (χ3n) is 3.22. The first kappa shape index (κ1) is 16.6. The summed E-state index contributed by atoms with van der Waals surface area (Å²) in [5.74, 6) is 0.181. The summed E-state index contributed by atoms with van der Waals surface area (Å²) in [6, 6.07) is 0. The van der Waals surface area contributed by atoms with Crippen molar-refractivity contribution in [1.29, 1.82) is 0 Å². The third kappa shape index (κ3) is 13.6. The van der Waals surface area contributed by atoms with Crippen LogP contribution in [-0.4, -0.2) is 17.0 Å². The SMILES string of the molecule is CCCCCCCCCCC(O)CCC(C)=O. The van der Waals surface area contributed by atoms with Crippen LogP contribution in [0.1, 0.15) is 84.5 Å². The molecule has 102 valence electrons. The number of ketones is 1. The Kier molecular flexibility index (Phi) is 11.8. The summed E-state index contributed by atoms with van der Waals surface area (Å²) in [5, 5.41) is 9.62. The number of hydrogen-bond acceptors (Lipinski definition) is 2. The molecule has 0 saturated heterocycles. The Morgan fingerprint density at radius 2 is 1.47 bits per heavy atom. The molecule has 0 heterocycles. The molecular formula is C15H30O2. The highest BCUT2D eigenvalue weighted by Crippen LogP contribution is 2.12. The zero-order valence-electron chi connectivity index (χ0n) is 11.7. The monoisotopic (exact) mass is 242 g/mol. The van der Waals surface area contributed by atoms with Crippen molar-refractivity contribution in [2.45, 2.75) is 90.6 Å². The number of unbranched alkanes of at least 4 members (excludes halogenated alkanes) is 7. The van der Waals surface area contributed by atoms with Crippen molar-refractivity contribution in [2.75, 3.05) is 0 Å². The number of carbonyl (C=O) groups excluding carboxylic acids is 1. The van der Waals surface area contributed by atoms with Crippen LogP contribution in [0.5, 0.6) is 0 Å². The summed E-state index contributed by atoms with van der Waals surface area (Å²) in [7, 11) is 0. The molecule has 0 rings (SSSR count). The van der Waals surface area contributed by atoms with E-state index in [-0.39, 0.29) is 11.9 Å². The maximum atomic E-state index is 10.7. The summed E-state index contributed by atoms with van der Waals surface area (Å²) in [6.07, 6.45) is 12.1. The van der Waals surface area contributed by atoms with Gasteiger partial charge in [0, 0.05) is 6.42 Å². The Bertz CT molecular complexity index is 178. The first-order valence-corrected chi connectivity index (χ1v) is 7.34. The number of rotatable bonds is 12. The molecule has 17 heavy (non-hydrogen) atoms.